The lowest BCUT2D eigenvalue weighted by atomic mass is 9.97. The number of piperidine rings is 1. The number of amides is 1. The van der Waals surface area contributed by atoms with Gasteiger partial charge in [-0.25, -0.2) is 4.79 Å². The van der Waals surface area contributed by atoms with Crippen LogP contribution in [0, 0.1) is 11.8 Å². The Morgan fingerprint density at radius 2 is 2.00 bits per heavy atom. The number of hydrogen-bond donors (Lipinski definition) is 1. The second-order valence-electron chi connectivity index (χ2n) is 6.67. The van der Waals surface area contributed by atoms with Gasteiger partial charge in [-0.05, 0) is 18.8 Å². The number of carbonyl (C=O) groups excluding carboxylic acids is 1. The molecule has 1 amide bonds. The maximum absolute atomic E-state index is 12.3. The molecule has 128 valence electrons. The molecule has 1 fully saturated rings. The van der Waals surface area contributed by atoms with Crippen LogP contribution in [-0.2, 0) is 18.9 Å². The maximum atomic E-state index is 12.3. The van der Waals surface area contributed by atoms with E-state index in [-0.39, 0.29) is 23.1 Å². The summed E-state index contributed by atoms with van der Waals surface area (Å²) >= 11 is 0. The largest absolute Gasteiger partial charge is 0.357 e. The summed E-state index contributed by atoms with van der Waals surface area (Å²) in [5.74, 6) is 0.940. The SMILES string of the molecule is CC(C)CNC(=O)C1CCCN(c2cc(=O)n(C)c(=O)n2C)C1. The maximum Gasteiger partial charge on any atom is 0.332 e. The van der Waals surface area contributed by atoms with Gasteiger partial charge < -0.3 is 10.2 Å². The van der Waals surface area contributed by atoms with Gasteiger partial charge >= 0.3 is 5.69 Å². The van der Waals surface area contributed by atoms with E-state index in [1.807, 2.05) is 4.90 Å². The van der Waals surface area contributed by atoms with Crippen LogP contribution in [0.25, 0.3) is 0 Å². The van der Waals surface area contributed by atoms with Crippen LogP contribution in [0.4, 0.5) is 5.82 Å². The fourth-order valence-corrected chi connectivity index (χ4v) is 2.87. The van der Waals surface area contributed by atoms with Gasteiger partial charge in [0.2, 0.25) is 5.91 Å². The van der Waals surface area contributed by atoms with Crippen LogP contribution in [0.1, 0.15) is 26.7 Å². The van der Waals surface area contributed by atoms with Crippen LogP contribution >= 0.6 is 0 Å². The number of anilines is 1. The van der Waals surface area contributed by atoms with E-state index < -0.39 is 0 Å². The molecule has 0 radical (unpaired) electrons. The molecule has 1 aromatic rings. The summed E-state index contributed by atoms with van der Waals surface area (Å²) in [4.78, 5) is 38.2. The quantitative estimate of drug-likeness (QED) is 0.851. The minimum atomic E-state index is -0.348. The second-order valence-corrected chi connectivity index (χ2v) is 6.67. The highest BCUT2D eigenvalue weighted by atomic mass is 16.2. The molecule has 1 aromatic heterocycles. The third kappa shape index (κ3) is 3.83. The fraction of sp³-hybridized carbons (Fsp3) is 0.688. The number of carbonyl (C=O) groups is 1. The van der Waals surface area contributed by atoms with Crippen LogP contribution in [0.3, 0.4) is 0 Å². The number of nitrogens with one attached hydrogen (secondary N) is 1. The molecule has 1 aliphatic rings. The summed E-state index contributed by atoms with van der Waals surface area (Å²) in [6, 6.07) is 1.47. The van der Waals surface area contributed by atoms with Crippen LogP contribution in [0.15, 0.2) is 15.7 Å². The minimum Gasteiger partial charge on any atom is -0.357 e. The van der Waals surface area contributed by atoms with E-state index in [0.717, 1.165) is 24.0 Å². The van der Waals surface area contributed by atoms with Crippen molar-refractivity contribution in [2.45, 2.75) is 26.7 Å². The summed E-state index contributed by atoms with van der Waals surface area (Å²) in [6.07, 6.45) is 1.70. The lowest BCUT2D eigenvalue weighted by molar-refractivity contribution is -0.125. The molecule has 1 aliphatic heterocycles. The van der Waals surface area contributed by atoms with Crippen molar-refractivity contribution < 1.29 is 4.79 Å². The molecule has 0 saturated carbocycles. The molecular formula is C16H26N4O3. The first-order chi connectivity index (χ1) is 10.8. The normalized spacial score (nSPS) is 18.3. The molecule has 23 heavy (non-hydrogen) atoms. The Morgan fingerprint density at radius 3 is 2.65 bits per heavy atom. The molecule has 0 bridgehead atoms. The Bertz CT molecular complexity index is 690. The molecule has 1 unspecified atom stereocenters. The van der Waals surface area contributed by atoms with Gasteiger partial charge in [-0.2, -0.15) is 0 Å². The Hall–Kier alpha value is -2.05. The standard InChI is InChI=1S/C16H26N4O3/c1-11(2)9-17-15(22)12-6-5-7-20(10-12)13-8-14(21)19(4)16(23)18(13)3/h8,11-12H,5-7,9-10H2,1-4H3,(H,17,22). The highest BCUT2D eigenvalue weighted by molar-refractivity contribution is 5.79. The number of hydrogen-bond acceptors (Lipinski definition) is 4. The number of aromatic nitrogens is 2. The summed E-state index contributed by atoms with van der Waals surface area (Å²) in [5.41, 5.74) is -0.673. The van der Waals surface area contributed by atoms with E-state index in [1.54, 1.807) is 7.05 Å². The molecular weight excluding hydrogens is 296 g/mol. The molecule has 2 rings (SSSR count). The summed E-state index contributed by atoms with van der Waals surface area (Å²) in [6.45, 7) is 6.06. The number of rotatable bonds is 4. The van der Waals surface area contributed by atoms with Crippen LogP contribution < -0.4 is 21.5 Å². The van der Waals surface area contributed by atoms with Crippen LogP contribution in [0.2, 0.25) is 0 Å². The Balaban J connectivity index is 2.17. The van der Waals surface area contributed by atoms with E-state index in [1.165, 1.54) is 17.7 Å². The van der Waals surface area contributed by atoms with E-state index >= 15 is 0 Å². The molecule has 0 aromatic carbocycles. The third-order valence-corrected chi connectivity index (χ3v) is 4.30. The zero-order valence-electron chi connectivity index (χ0n) is 14.3. The molecule has 7 nitrogen and oxygen atoms in total. The monoisotopic (exact) mass is 322 g/mol. The topological polar surface area (TPSA) is 76.3 Å². The average Bonchev–Trinajstić information content (AvgIpc) is 2.54. The van der Waals surface area contributed by atoms with Crippen molar-refractivity contribution in [2.24, 2.45) is 25.9 Å². The van der Waals surface area contributed by atoms with Crippen molar-refractivity contribution in [3.63, 3.8) is 0 Å². The predicted octanol–water partition coefficient (Wildman–Crippen LogP) is 0.0726. The van der Waals surface area contributed by atoms with Crippen molar-refractivity contribution in [1.29, 1.82) is 0 Å². The number of nitrogens with zero attached hydrogens (tertiary/aromatic N) is 3. The van der Waals surface area contributed by atoms with Crippen LogP contribution in [-0.4, -0.2) is 34.7 Å². The van der Waals surface area contributed by atoms with E-state index in [4.69, 9.17) is 0 Å². The third-order valence-electron chi connectivity index (χ3n) is 4.30. The first-order valence-corrected chi connectivity index (χ1v) is 8.11. The van der Waals surface area contributed by atoms with Gasteiger partial charge in [0.25, 0.3) is 5.56 Å². The molecule has 2 heterocycles. The Labute approximate surface area is 135 Å². The molecule has 0 aliphatic carbocycles. The molecule has 7 heteroatoms. The molecule has 1 saturated heterocycles. The predicted molar refractivity (Wildman–Crippen MR) is 89.7 cm³/mol. The van der Waals surface area contributed by atoms with Gasteiger partial charge in [0.15, 0.2) is 0 Å². The summed E-state index contributed by atoms with van der Waals surface area (Å²) in [5, 5.41) is 2.97. The zero-order valence-corrected chi connectivity index (χ0v) is 14.3. The summed E-state index contributed by atoms with van der Waals surface area (Å²) < 4.78 is 2.55. The molecule has 1 atom stereocenters. The van der Waals surface area contributed by atoms with Gasteiger partial charge in [0.05, 0.1) is 5.92 Å². The van der Waals surface area contributed by atoms with E-state index in [9.17, 15) is 14.4 Å². The molecule has 0 spiro atoms. The fourth-order valence-electron chi connectivity index (χ4n) is 2.87. The highest BCUT2D eigenvalue weighted by Gasteiger charge is 2.27. The van der Waals surface area contributed by atoms with Gasteiger partial charge in [0.1, 0.15) is 5.82 Å². The average molecular weight is 322 g/mol. The first kappa shape index (κ1) is 17.3. The van der Waals surface area contributed by atoms with Gasteiger partial charge in [-0.15, -0.1) is 0 Å². The van der Waals surface area contributed by atoms with Gasteiger partial charge in [0, 0.05) is 39.8 Å². The lowest BCUT2D eigenvalue weighted by Gasteiger charge is -2.34. The van der Waals surface area contributed by atoms with Gasteiger partial charge in [-0.1, -0.05) is 13.8 Å². The van der Waals surface area contributed by atoms with E-state index in [2.05, 4.69) is 19.2 Å². The van der Waals surface area contributed by atoms with Crippen molar-refractivity contribution in [2.75, 3.05) is 24.5 Å². The summed E-state index contributed by atoms with van der Waals surface area (Å²) in [7, 11) is 3.12. The van der Waals surface area contributed by atoms with E-state index in [0.29, 0.717) is 24.8 Å². The lowest BCUT2D eigenvalue weighted by Crippen LogP contribution is -2.47. The zero-order chi connectivity index (χ0) is 17.1. The van der Waals surface area contributed by atoms with Crippen molar-refractivity contribution in [3.8, 4) is 0 Å². The van der Waals surface area contributed by atoms with Crippen LogP contribution in [0.5, 0.6) is 0 Å². The Kier molecular flexibility index (Phi) is 5.28. The van der Waals surface area contributed by atoms with Crippen molar-refractivity contribution in [3.05, 3.63) is 26.9 Å². The smallest absolute Gasteiger partial charge is 0.332 e. The van der Waals surface area contributed by atoms with Gasteiger partial charge in [-0.3, -0.25) is 18.7 Å². The first-order valence-electron chi connectivity index (χ1n) is 8.11. The minimum absolute atomic E-state index is 0.0530. The second kappa shape index (κ2) is 7.02. The van der Waals surface area contributed by atoms with Crippen molar-refractivity contribution >= 4 is 11.7 Å². The van der Waals surface area contributed by atoms with Crippen molar-refractivity contribution in [1.82, 2.24) is 14.5 Å². The Morgan fingerprint density at radius 1 is 1.30 bits per heavy atom. The molecule has 1 N–H and O–H groups in total. The highest BCUT2D eigenvalue weighted by Crippen LogP contribution is 2.21.